The molecule has 2 heterocycles. The van der Waals surface area contributed by atoms with E-state index in [1.165, 1.54) is 29.8 Å². The third-order valence-electron chi connectivity index (χ3n) is 2.88. The highest BCUT2D eigenvalue weighted by Crippen LogP contribution is 2.19. The largest absolute Gasteiger partial charge is 0.327 e. The van der Waals surface area contributed by atoms with Crippen LogP contribution in [-0.4, -0.2) is 24.0 Å². The van der Waals surface area contributed by atoms with Gasteiger partial charge in [0.25, 0.3) is 0 Å². The highest BCUT2D eigenvalue weighted by Gasteiger charge is 2.17. The van der Waals surface area contributed by atoms with Crippen molar-refractivity contribution in [3.8, 4) is 0 Å². The summed E-state index contributed by atoms with van der Waals surface area (Å²) in [6, 6.07) is 2.59. The van der Waals surface area contributed by atoms with Crippen LogP contribution in [0, 0.1) is 6.92 Å². The van der Waals surface area contributed by atoms with Crippen LogP contribution in [0.25, 0.3) is 0 Å². The molecule has 0 unspecified atom stereocenters. The summed E-state index contributed by atoms with van der Waals surface area (Å²) >= 11 is 1.86. The molecule has 78 valence electrons. The molecule has 0 saturated carbocycles. The summed E-state index contributed by atoms with van der Waals surface area (Å²) < 4.78 is 0. The average molecular weight is 210 g/mol. The van der Waals surface area contributed by atoms with E-state index in [0.717, 1.165) is 13.1 Å². The number of hydrogen-bond donors (Lipinski definition) is 1. The Balaban J connectivity index is 1.94. The minimum atomic E-state index is 0.393. The van der Waals surface area contributed by atoms with Gasteiger partial charge >= 0.3 is 0 Å². The Morgan fingerprint density at radius 3 is 3.14 bits per heavy atom. The molecule has 0 spiro atoms. The molecule has 1 fully saturated rings. The highest BCUT2D eigenvalue weighted by molar-refractivity contribution is 7.10. The fourth-order valence-corrected chi connectivity index (χ4v) is 2.95. The molecule has 2 nitrogen and oxygen atoms in total. The van der Waals surface area contributed by atoms with Gasteiger partial charge in [-0.1, -0.05) is 0 Å². The number of hydrogen-bond acceptors (Lipinski definition) is 3. The van der Waals surface area contributed by atoms with Gasteiger partial charge in [-0.2, -0.15) is 0 Å². The molecule has 1 aliphatic rings. The van der Waals surface area contributed by atoms with Gasteiger partial charge in [0.05, 0.1) is 0 Å². The van der Waals surface area contributed by atoms with E-state index in [2.05, 4.69) is 23.3 Å². The summed E-state index contributed by atoms with van der Waals surface area (Å²) in [4.78, 5) is 3.98. The van der Waals surface area contributed by atoms with Crippen molar-refractivity contribution in [2.24, 2.45) is 5.73 Å². The van der Waals surface area contributed by atoms with Gasteiger partial charge in [-0.3, -0.25) is 4.90 Å². The first-order valence-corrected chi connectivity index (χ1v) is 6.14. The van der Waals surface area contributed by atoms with Gasteiger partial charge in [-0.25, -0.2) is 0 Å². The van der Waals surface area contributed by atoms with Crippen LogP contribution < -0.4 is 5.73 Å². The zero-order chi connectivity index (χ0) is 9.97. The second kappa shape index (κ2) is 4.43. The van der Waals surface area contributed by atoms with Crippen molar-refractivity contribution in [2.45, 2.75) is 32.4 Å². The third-order valence-corrected chi connectivity index (χ3v) is 3.89. The van der Waals surface area contributed by atoms with E-state index in [1.807, 2.05) is 11.3 Å². The Morgan fingerprint density at radius 1 is 1.64 bits per heavy atom. The normalized spacial score (nSPS) is 24.0. The van der Waals surface area contributed by atoms with Gasteiger partial charge < -0.3 is 5.73 Å². The van der Waals surface area contributed by atoms with Gasteiger partial charge in [0.1, 0.15) is 0 Å². The fourth-order valence-electron chi connectivity index (χ4n) is 2.00. The molecule has 1 aromatic heterocycles. The van der Waals surface area contributed by atoms with Crippen LogP contribution >= 0.6 is 11.3 Å². The van der Waals surface area contributed by atoms with Crippen molar-refractivity contribution >= 4 is 11.3 Å². The number of likely N-dealkylation sites (tertiary alicyclic amines) is 1. The lowest BCUT2D eigenvalue weighted by molar-refractivity contribution is 0.203. The minimum Gasteiger partial charge on any atom is -0.327 e. The Morgan fingerprint density at radius 2 is 2.50 bits per heavy atom. The number of aryl methyl sites for hydroxylation is 1. The van der Waals surface area contributed by atoms with Crippen LogP contribution in [0.15, 0.2) is 11.4 Å². The summed E-state index contributed by atoms with van der Waals surface area (Å²) in [5.74, 6) is 0. The number of thiophene rings is 1. The molecule has 14 heavy (non-hydrogen) atoms. The molecule has 0 aliphatic carbocycles. The van der Waals surface area contributed by atoms with Crippen LogP contribution in [0.5, 0.6) is 0 Å². The first kappa shape index (κ1) is 10.1. The average Bonchev–Trinajstić information content (AvgIpc) is 2.52. The highest BCUT2D eigenvalue weighted by atomic mass is 32.1. The molecule has 0 amide bonds. The molecular formula is C11H18N2S. The van der Waals surface area contributed by atoms with Gasteiger partial charge in [0.2, 0.25) is 0 Å². The summed E-state index contributed by atoms with van der Waals surface area (Å²) in [6.45, 7) is 5.56. The quantitative estimate of drug-likeness (QED) is 0.809. The van der Waals surface area contributed by atoms with Crippen molar-refractivity contribution in [3.63, 3.8) is 0 Å². The Kier molecular flexibility index (Phi) is 3.21. The predicted molar refractivity (Wildman–Crippen MR) is 61.5 cm³/mol. The topological polar surface area (TPSA) is 29.3 Å². The fraction of sp³-hybridized carbons (Fsp3) is 0.636. The molecule has 0 aromatic carbocycles. The lowest BCUT2D eigenvalue weighted by Crippen LogP contribution is -2.42. The van der Waals surface area contributed by atoms with Crippen LogP contribution in [0.1, 0.15) is 23.3 Å². The molecule has 1 saturated heterocycles. The van der Waals surface area contributed by atoms with E-state index in [-0.39, 0.29) is 0 Å². The first-order valence-electron chi connectivity index (χ1n) is 5.26. The smallest absolute Gasteiger partial charge is 0.0331 e. The van der Waals surface area contributed by atoms with E-state index < -0.39 is 0 Å². The summed E-state index contributed by atoms with van der Waals surface area (Å²) in [5.41, 5.74) is 7.38. The Labute approximate surface area is 89.7 Å². The molecule has 1 aromatic rings. The van der Waals surface area contributed by atoms with Crippen molar-refractivity contribution in [2.75, 3.05) is 13.1 Å². The zero-order valence-electron chi connectivity index (χ0n) is 8.70. The van der Waals surface area contributed by atoms with E-state index in [1.54, 1.807) is 0 Å². The van der Waals surface area contributed by atoms with Gasteiger partial charge in [0.15, 0.2) is 0 Å². The van der Waals surface area contributed by atoms with Crippen LogP contribution in [0.2, 0.25) is 0 Å². The van der Waals surface area contributed by atoms with Crippen LogP contribution in [0.4, 0.5) is 0 Å². The van der Waals surface area contributed by atoms with Gasteiger partial charge in [0, 0.05) is 24.0 Å². The molecule has 1 aliphatic heterocycles. The standard InChI is InChI=1S/C11H18N2S/c1-9-4-6-14-11(9)8-13-5-2-3-10(12)7-13/h4,6,10H,2-3,5,7-8,12H2,1H3/t10-/m1/s1. The summed E-state index contributed by atoms with van der Waals surface area (Å²) in [5, 5.41) is 2.18. The first-order chi connectivity index (χ1) is 6.75. The maximum atomic E-state index is 5.95. The predicted octanol–water partition coefficient (Wildman–Crippen LogP) is 1.98. The SMILES string of the molecule is Cc1ccsc1CN1CCC[C@@H](N)C1. The summed E-state index contributed by atoms with van der Waals surface area (Å²) in [7, 11) is 0. The summed E-state index contributed by atoms with van der Waals surface area (Å²) in [6.07, 6.45) is 2.45. The number of nitrogens with zero attached hydrogens (tertiary/aromatic N) is 1. The van der Waals surface area contributed by atoms with Crippen molar-refractivity contribution < 1.29 is 0 Å². The molecule has 2 rings (SSSR count). The number of piperidine rings is 1. The lowest BCUT2D eigenvalue weighted by atomic mass is 10.1. The van der Waals surface area contributed by atoms with E-state index in [4.69, 9.17) is 5.73 Å². The van der Waals surface area contributed by atoms with Crippen molar-refractivity contribution in [1.29, 1.82) is 0 Å². The molecular weight excluding hydrogens is 192 g/mol. The Hall–Kier alpha value is -0.380. The van der Waals surface area contributed by atoms with Crippen LogP contribution in [-0.2, 0) is 6.54 Å². The van der Waals surface area contributed by atoms with Crippen LogP contribution in [0.3, 0.4) is 0 Å². The van der Waals surface area contributed by atoms with Gasteiger partial charge in [-0.15, -0.1) is 11.3 Å². The monoisotopic (exact) mass is 210 g/mol. The Bertz CT molecular complexity index is 295. The molecule has 0 radical (unpaired) electrons. The third kappa shape index (κ3) is 2.35. The van der Waals surface area contributed by atoms with E-state index in [0.29, 0.717) is 6.04 Å². The minimum absolute atomic E-state index is 0.393. The van der Waals surface area contributed by atoms with Crippen molar-refractivity contribution in [3.05, 3.63) is 21.9 Å². The maximum absolute atomic E-state index is 5.95. The lowest BCUT2D eigenvalue weighted by Gasteiger charge is -2.30. The van der Waals surface area contributed by atoms with E-state index in [9.17, 15) is 0 Å². The second-order valence-corrected chi connectivity index (χ2v) is 5.16. The molecule has 3 heteroatoms. The maximum Gasteiger partial charge on any atom is 0.0331 e. The van der Waals surface area contributed by atoms with Gasteiger partial charge in [-0.05, 0) is 43.3 Å². The molecule has 0 bridgehead atoms. The number of nitrogens with two attached hydrogens (primary N) is 1. The zero-order valence-corrected chi connectivity index (χ0v) is 9.52. The second-order valence-electron chi connectivity index (χ2n) is 4.16. The van der Waals surface area contributed by atoms with Crippen molar-refractivity contribution in [1.82, 2.24) is 4.90 Å². The molecule has 2 N–H and O–H groups in total. The van der Waals surface area contributed by atoms with E-state index >= 15 is 0 Å². The molecule has 1 atom stereocenters. The number of rotatable bonds is 2.